The van der Waals surface area contributed by atoms with E-state index in [-0.39, 0.29) is 16.3 Å². The van der Waals surface area contributed by atoms with Gasteiger partial charge in [0.15, 0.2) is 0 Å². The first kappa shape index (κ1) is 23.4. The zero-order valence-electron chi connectivity index (χ0n) is 19.3. The zero-order valence-corrected chi connectivity index (χ0v) is 20.1. The smallest absolute Gasteiger partial charge is 0.227 e. The second kappa shape index (κ2) is 9.10. The molecule has 2 aromatic heterocycles. The first-order valence-electron chi connectivity index (χ1n) is 10.4. The number of aryl methyl sites for hydroxylation is 1. The van der Waals surface area contributed by atoms with Crippen LogP contribution in [0.25, 0.3) is 11.0 Å². The number of para-hydroxylation sites is 1. The van der Waals surface area contributed by atoms with Gasteiger partial charge in [-0.2, -0.15) is 0 Å². The minimum atomic E-state index is -3.52. The van der Waals surface area contributed by atoms with Crippen molar-refractivity contribution in [3.05, 3.63) is 41.5 Å². The predicted octanol–water partition coefficient (Wildman–Crippen LogP) is 3.17. The highest BCUT2D eigenvalue weighted by Crippen LogP contribution is 2.23. The molecule has 0 unspecified atom stereocenters. The van der Waals surface area contributed by atoms with Crippen molar-refractivity contribution in [1.29, 1.82) is 0 Å². The number of H-pyrrole nitrogens is 1. The second-order valence-electron chi connectivity index (χ2n) is 9.32. The number of ether oxygens (including phenoxy) is 1. The molecule has 3 aromatic rings. The Morgan fingerprint density at radius 1 is 1.23 bits per heavy atom. The molecule has 0 radical (unpaired) electrons. The normalized spacial score (nSPS) is 12.9. The van der Waals surface area contributed by atoms with Crippen molar-refractivity contribution in [3.8, 4) is 0 Å². The molecule has 1 aromatic carbocycles. The van der Waals surface area contributed by atoms with Crippen LogP contribution in [0.3, 0.4) is 0 Å². The maximum Gasteiger partial charge on any atom is 0.227 e. The number of hydrogen-bond acceptors (Lipinski definition) is 6. The Balaban J connectivity index is 1.82. The van der Waals surface area contributed by atoms with E-state index in [0.29, 0.717) is 26.2 Å². The molecule has 31 heavy (non-hydrogen) atoms. The summed E-state index contributed by atoms with van der Waals surface area (Å²) in [7, 11) is 0.0742. The van der Waals surface area contributed by atoms with Crippen LogP contribution in [0.5, 0.6) is 0 Å². The number of fused-ring (bicyclic) bond motifs is 1. The molecule has 0 bridgehead atoms. The third kappa shape index (κ3) is 5.72. The van der Waals surface area contributed by atoms with Gasteiger partial charge in [0.1, 0.15) is 5.82 Å². The van der Waals surface area contributed by atoms with Gasteiger partial charge in [0, 0.05) is 20.2 Å². The molecule has 0 atom stereocenters. The number of nitrogens with zero attached hydrogens (tertiary/aromatic N) is 4. The minimum absolute atomic E-state index is 0.0393. The van der Waals surface area contributed by atoms with Crippen molar-refractivity contribution in [3.63, 3.8) is 0 Å². The average molecular weight is 448 g/mol. The molecule has 0 aliphatic carbocycles. The first-order chi connectivity index (χ1) is 14.5. The molecule has 1 N–H and O–H groups in total. The van der Waals surface area contributed by atoms with Gasteiger partial charge in [-0.25, -0.2) is 18.4 Å². The van der Waals surface area contributed by atoms with E-state index in [1.165, 1.54) is 0 Å². The molecule has 0 saturated heterocycles. The first-order valence-corrected chi connectivity index (χ1v) is 12.0. The lowest BCUT2D eigenvalue weighted by atomic mass is 10.0. The fourth-order valence-corrected chi connectivity index (χ4v) is 5.74. The van der Waals surface area contributed by atoms with Gasteiger partial charge in [-0.1, -0.05) is 32.9 Å². The van der Waals surface area contributed by atoms with Crippen molar-refractivity contribution in [2.24, 2.45) is 5.41 Å². The lowest BCUT2D eigenvalue weighted by Gasteiger charge is -2.20. The molecule has 0 fully saturated rings. The molecular weight excluding hydrogens is 414 g/mol. The van der Waals surface area contributed by atoms with Crippen LogP contribution >= 0.6 is 0 Å². The van der Waals surface area contributed by atoms with E-state index >= 15 is 0 Å². The van der Waals surface area contributed by atoms with Crippen molar-refractivity contribution in [2.75, 3.05) is 26.5 Å². The molecule has 170 valence electrons. The van der Waals surface area contributed by atoms with Crippen LogP contribution in [-0.4, -0.2) is 59.4 Å². The molecule has 0 aliphatic heterocycles. The highest BCUT2D eigenvalue weighted by molar-refractivity contribution is 7.91. The third-order valence-corrected chi connectivity index (χ3v) is 7.07. The van der Waals surface area contributed by atoms with E-state index in [1.54, 1.807) is 17.9 Å². The van der Waals surface area contributed by atoms with E-state index < -0.39 is 9.84 Å². The summed E-state index contributed by atoms with van der Waals surface area (Å²) in [5.74, 6) is 0.910. The molecule has 0 saturated carbocycles. The number of rotatable bonds is 9. The fraction of sp³-hybridized carbons (Fsp3) is 0.545. The van der Waals surface area contributed by atoms with Gasteiger partial charge in [0.25, 0.3) is 0 Å². The number of nitrogens with one attached hydrogen (secondary N) is 1. The molecule has 9 heteroatoms. The number of imidazole rings is 2. The van der Waals surface area contributed by atoms with Gasteiger partial charge >= 0.3 is 0 Å². The second-order valence-corrected chi connectivity index (χ2v) is 11.2. The van der Waals surface area contributed by atoms with Crippen molar-refractivity contribution >= 4 is 20.9 Å². The lowest BCUT2D eigenvalue weighted by molar-refractivity contribution is 0.181. The highest BCUT2D eigenvalue weighted by Gasteiger charge is 2.29. The van der Waals surface area contributed by atoms with Crippen LogP contribution in [0.1, 0.15) is 37.9 Å². The standard InChI is InChI=1S/C22H33N5O3S/c1-16-8-7-9-18-20(16)25-19(24-18)14-26(5)13-17-12-23-21(27(17)10-11-30-6)31(28,29)15-22(2,3)4/h7-9,12H,10-11,13-15H2,1-6H3,(H,24,25). The number of hydrogen-bond donors (Lipinski definition) is 1. The summed E-state index contributed by atoms with van der Waals surface area (Å²) in [5, 5.41) is 0.113. The quantitative estimate of drug-likeness (QED) is 0.542. The molecule has 2 heterocycles. The Morgan fingerprint density at radius 2 is 1.97 bits per heavy atom. The van der Waals surface area contributed by atoms with E-state index in [9.17, 15) is 8.42 Å². The molecular formula is C22H33N5O3S. The molecule has 0 spiro atoms. The maximum atomic E-state index is 13.0. The molecule has 8 nitrogen and oxygen atoms in total. The average Bonchev–Trinajstić information content (AvgIpc) is 3.22. The largest absolute Gasteiger partial charge is 0.383 e. The van der Waals surface area contributed by atoms with Crippen LogP contribution in [0.2, 0.25) is 0 Å². The predicted molar refractivity (Wildman–Crippen MR) is 122 cm³/mol. The highest BCUT2D eigenvalue weighted by atomic mass is 32.2. The Kier molecular flexibility index (Phi) is 6.88. The van der Waals surface area contributed by atoms with Gasteiger partial charge in [0.2, 0.25) is 15.0 Å². The van der Waals surface area contributed by atoms with E-state index in [0.717, 1.165) is 28.1 Å². The summed E-state index contributed by atoms with van der Waals surface area (Å²) < 4.78 is 33.0. The van der Waals surface area contributed by atoms with Gasteiger partial charge in [0.05, 0.1) is 41.8 Å². The molecule has 0 aliphatic rings. The van der Waals surface area contributed by atoms with E-state index in [4.69, 9.17) is 9.72 Å². The van der Waals surface area contributed by atoms with Crippen LogP contribution in [0.4, 0.5) is 0 Å². The summed E-state index contributed by atoms with van der Waals surface area (Å²) in [4.78, 5) is 14.5. The Morgan fingerprint density at radius 3 is 2.61 bits per heavy atom. The van der Waals surface area contributed by atoms with Crippen molar-refractivity contribution in [2.45, 2.75) is 52.5 Å². The number of aromatic nitrogens is 4. The SMILES string of the molecule is COCCn1c(CN(C)Cc2nc3c(C)cccc3[nH]2)cnc1S(=O)(=O)CC(C)(C)C. The van der Waals surface area contributed by atoms with Gasteiger partial charge in [-0.15, -0.1) is 0 Å². The van der Waals surface area contributed by atoms with Crippen LogP contribution < -0.4 is 0 Å². The summed E-state index contributed by atoms with van der Waals surface area (Å²) in [6.45, 7) is 9.77. The summed E-state index contributed by atoms with van der Waals surface area (Å²) in [6.07, 6.45) is 1.66. The minimum Gasteiger partial charge on any atom is -0.383 e. The Labute approximate surface area is 184 Å². The Hall–Kier alpha value is -2.23. The number of benzene rings is 1. The van der Waals surface area contributed by atoms with Crippen LogP contribution in [0.15, 0.2) is 29.6 Å². The number of methoxy groups -OCH3 is 1. The monoisotopic (exact) mass is 447 g/mol. The fourth-order valence-electron chi connectivity index (χ4n) is 3.71. The van der Waals surface area contributed by atoms with Gasteiger partial charge in [-0.05, 0) is 31.0 Å². The topological polar surface area (TPSA) is 93.1 Å². The van der Waals surface area contributed by atoms with E-state index in [2.05, 4.69) is 14.9 Å². The number of sulfone groups is 1. The zero-order chi connectivity index (χ0) is 22.8. The van der Waals surface area contributed by atoms with E-state index in [1.807, 2.05) is 52.9 Å². The van der Waals surface area contributed by atoms with Crippen molar-refractivity contribution in [1.82, 2.24) is 24.4 Å². The third-order valence-electron chi connectivity index (χ3n) is 4.94. The Bertz CT molecular complexity index is 1140. The lowest BCUT2D eigenvalue weighted by Crippen LogP contribution is -2.26. The van der Waals surface area contributed by atoms with Gasteiger partial charge < -0.3 is 14.3 Å². The van der Waals surface area contributed by atoms with Gasteiger partial charge in [-0.3, -0.25) is 4.90 Å². The number of aromatic amines is 1. The summed E-state index contributed by atoms with van der Waals surface area (Å²) >= 11 is 0. The summed E-state index contributed by atoms with van der Waals surface area (Å²) in [5.41, 5.74) is 3.61. The summed E-state index contributed by atoms with van der Waals surface area (Å²) in [6, 6.07) is 6.08. The van der Waals surface area contributed by atoms with Crippen LogP contribution in [0, 0.1) is 12.3 Å². The van der Waals surface area contributed by atoms with Crippen molar-refractivity contribution < 1.29 is 13.2 Å². The maximum absolute atomic E-state index is 13.0. The molecule has 0 amide bonds. The molecule has 3 rings (SSSR count). The van der Waals surface area contributed by atoms with Crippen LogP contribution in [-0.2, 0) is 34.2 Å².